The lowest BCUT2D eigenvalue weighted by atomic mass is 10.1. The number of aliphatic imine (C=N–C) groups is 1. The van der Waals surface area contributed by atoms with E-state index >= 15 is 0 Å². The Labute approximate surface area is 104 Å². The Morgan fingerprint density at radius 1 is 1.53 bits per heavy atom. The molecule has 17 heavy (non-hydrogen) atoms. The van der Waals surface area contributed by atoms with Gasteiger partial charge in [-0.25, -0.2) is 4.39 Å². The van der Waals surface area contributed by atoms with Crippen LogP contribution in [0.4, 0.5) is 4.39 Å². The summed E-state index contributed by atoms with van der Waals surface area (Å²) in [6.45, 7) is 4.16. The zero-order valence-corrected chi connectivity index (χ0v) is 10.7. The van der Waals surface area contributed by atoms with Crippen LogP contribution in [0.15, 0.2) is 23.2 Å². The fourth-order valence-electron chi connectivity index (χ4n) is 1.23. The number of nitrogens with zero attached hydrogens (tertiary/aromatic N) is 1. The van der Waals surface area contributed by atoms with Gasteiger partial charge in [-0.05, 0) is 25.5 Å². The second-order valence-electron chi connectivity index (χ2n) is 3.50. The Hall–Kier alpha value is -1.36. The molecular weight excluding hydrogens is 239 g/mol. The molecule has 0 bridgehead atoms. The highest BCUT2D eigenvalue weighted by molar-refractivity contribution is 8.14. The first-order valence-corrected chi connectivity index (χ1v) is 6.25. The monoisotopic (exact) mass is 254 g/mol. The van der Waals surface area contributed by atoms with Crippen molar-refractivity contribution >= 4 is 22.7 Å². The van der Waals surface area contributed by atoms with E-state index in [2.05, 4.69) is 4.99 Å². The quantitative estimate of drug-likeness (QED) is 0.661. The molecule has 0 aliphatic rings. The molecule has 0 heterocycles. The summed E-state index contributed by atoms with van der Waals surface area (Å²) in [6.07, 6.45) is 0. The predicted octanol–water partition coefficient (Wildman–Crippen LogP) is 2.12. The summed E-state index contributed by atoms with van der Waals surface area (Å²) in [5.74, 6) is -0.536. The van der Waals surface area contributed by atoms with Crippen LogP contribution < -0.4 is 5.73 Å². The Morgan fingerprint density at radius 3 is 2.76 bits per heavy atom. The number of primary amides is 1. The number of halogens is 1. The van der Waals surface area contributed by atoms with Gasteiger partial charge in [0, 0.05) is 12.1 Å². The summed E-state index contributed by atoms with van der Waals surface area (Å²) in [5, 5.41) is 0.644. The Kier molecular flexibility index (Phi) is 5.15. The van der Waals surface area contributed by atoms with E-state index < -0.39 is 5.91 Å². The normalized spacial score (nSPS) is 11.6. The van der Waals surface area contributed by atoms with Gasteiger partial charge in [0.05, 0.1) is 10.8 Å². The number of nitrogens with two attached hydrogens (primary N) is 1. The van der Waals surface area contributed by atoms with Crippen molar-refractivity contribution in [2.45, 2.75) is 13.8 Å². The number of carbonyl (C=O) groups is 1. The van der Waals surface area contributed by atoms with Crippen LogP contribution in [-0.2, 0) is 4.79 Å². The average molecular weight is 254 g/mol. The average Bonchev–Trinajstić information content (AvgIpc) is 2.28. The molecule has 1 aromatic rings. The molecule has 1 amide bonds. The molecule has 5 heteroatoms. The maximum atomic E-state index is 13.4. The standard InChI is InChI=1S/C12H15FN2OS/c1-3-15-12(17-7-11(14)16)9-5-4-8(2)10(13)6-9/h4-6H,3,7H2,1-2H3,(H2,14,16). The Balaban J connectivity index is 2.93. The van der Waals surface area contributed by atoms with E-state index in [1.54, 1.807) is 19.1 Å². The van der Waals surface area contributed by atoms with Crippen LogP contribution >= 0.6 is 11.8 Å². The number of rotatable bonds is 4. The molecule has 0 aromatic heterocycles. The fraction of sp³-hybridized carbons (Fsp3) is 0.333. The van der Waals surface area contributed by atoms with Crippen molar-refractivity contribution in [1.82, 2.24) is 0 Å². The van der Waals surface area contributed by atoms with Gasteiger partial charge in [-0.1, -0.05) is 23.9 Å². The van der Waals surface area contributed by atoms with E-state index in [9.17, 15) is 9.18 Å². The first kappa shape index (κ1) is 13.7. The third-order valence-electron chi connectivity index (χ3n) is 2.07. The summed E-state index contributed by atoms with van der Waals surface area (Å²) >= 11 is 1.23. The third kappa shape index (κ3) is 4.19. The zero-order chi connectivity index (χ0) is 12.8. The van der Waals surface area contributed by atoms with Crippen molar-refractivity contribution in [3.05, 3.63) is 35.1 Å². The fourth-order valence-corrected chi connectivity index (χ4v) is 2.02. The first-order valence-electron chi connectivity index (χ1n) is 5.26. The van der Waals surface area contributed by atoms with Gasteiger partial charge < -0.3 is 5.73 Å². The van der Waals surface area contributed by atoms with Crippen LogP contribution in [0.1, 0.15) is 18.1 Å². The van der Waals surface area contributed by atoms with Crippen LogP contribution in [0.2, 0.25) is 0 Å². The summed E-state index contributed by atoms with van der Waals surface area (Å²) in [5.41, 5.74) is 6.35. The van der Waals surface area contributed by atoms with E-state index in [4.69, 9.17) is 5.73 Å². The van der Waals surface area contributed by atoms with Gasteiger partial charge in [-0.2, -0.15) is 0 Å². The SMILES string of the molecule is CCN=C(SCC(N)=O)c1ccc(C)c(F)c1. The second-order valence-corrected chi connectivity index (χ2v) is 4.46. The van der Waals surface area contributed by atoms with Crippen LogP contribution in [0, 0.1) is 12.7 Å². The lowest BCUT2D eigenvalue weighted by Gasteiger charge is -2.06. The molecule has 2 N–H and O–H groups in total. The highest BCUT2D eigenvalue weighted by Gasteiger charge is 2.08. The van der Waals surface area contributed by atoms with Gasteiger partial charge in [0.1, 0.15) is 5.82 Å². The Morgan fingerprint density at radius 2 is 2.24 bits per heavy atom. The molecule has 0 spiro atoms. The van der Waals surface area contributed by atoms with Gasteiger partial charge in [0.15, 0.2) is 0 Å². The van der Waals surface area contributed by atoms with Gasteiger partial charge in [-0.15, -0.1) is 0 Å². The number of benzene rings is 1. The number of aryl methyl sites for hydroxylation is 1. The minimum atomic E-state index is -0.411. The molecular formula is C12H15FN2OS. The molecule has 0 aliphatic carbocycles. The molecule has 0 saturated heterocycles. The predicted molar refractivity (Wildman–Crippen MR) is 69.9 cm³/mol. The first-order chi connectivity index (χ1) is 8.04. The second kappa shape index (κ2) is 6.39. The van der Waals surface area contributed by atoms with Crippen molar-refractivity contribution in [3.63, 3.8) is 0 Å². The topological polar surface area (TPSA) is 55.4 Å². The molecule has 1 rings (SSSR count). The van der Waals surface area contributed by atoms with Crippen LogP contribution in [0.3, 0.4) is 0 Å². The van der Waals surface area contributed by atoms with E-state index in [0.29, 0.717) is 22.7 Å². The number of hydrogen-bond donors (Lipinski definition) is 1. The van der Waals surface area contributed by atoms with Gasteiger partial charge >= 0.3 is 0 Å². The third-order valence-corrected chi connectivity index (χ3v) is 3.14. The lowest BCUT2D eigenvalue weighted by Crippen LogP contribution is -2.15. The highest BCUT2D eigenvalue weighted by Crippen LogP contribution is 2.17. The van der Waals surface area contributed by atoms with Gasteiger partial charge in [-0.3, -0.25) is 9.79 Å². The minimum absolute atomic E-state index is 0.147. The smallest absolute Gasteiger partial charge is 0.227 e. The van der Waals surface area contributed by atoms with E-state index in [0.717, 1.165) is 0 Å². The van der Waals surface area contributed by atoms with Crippen molar-refractivity contribution in [1.29, 1.82) is 0 Å². The maximum Gasteiger partial charge on any atom is 0.227 e. The molecule has 0 aliphatic heterocycles. The minimum Gasteiger partial charge on any atom is -0.369 e. The van der Waals surface area contributed by atoms with E-state index in [1.807, 2.05) is 6.92 Å². The summed E-state index contributed by atoms with van der Waals surface area (Å²) in [6, 6.07) is 4.92. The van der Waals surface area contributed by atoms with Gasteiger partial charge in [0.25, 0.3) is 0 Å². The maximum absolute atomic E-state index is 13.4. The molecule has 3 nitrogen and oxygen atoms in total. The van der Waals surface area contributed by atoms with Crippen LogP contribution in [0.5, 0.6) is 0 Å². The van der Waals surface area contributed by atoms with Gasteiger partial charge in [0.2, 0.25) is 5.91 Å². The number of thioether (sulfide) groups is 1. The molecule has 0 atom stereocenters. The van der Waals surface area contributed by atoms with Crippen LogP contribution in [-0.4, -0.2) is 23.2 Å². The van der Waals surface area contributed by atoms with Crippen molar-refractivity contribution in [3.8, 4) is 0 Å². The summed E-state index contributed by atoms with van der Waals surface area (Å²) in [7, 11) is 0. The number of amides is 1. The number of carbonyl (C=O) groups excluding carboxylic acids is 1. The summed E-state index contributed by atoms with van der Waals surface area (Å²) < 4.78 is 13.4. The van der Waals surface area contributed by atoms with Crippen molar-refractivity contribution in [2.75, 3.05) is 12.3 Å². The van der Waals surface area contributed by atoms with Crippen LogP contribution in [0.25, 0.3) is 0 Å². The van der Waals surface area contributed by atoms with Crippen molar-refractivity contribution in [2.24, 2.45) is 10.7 Å². The number of hydrogen-bond acceptors (Lipinski definition) is 3. The molecule has 0 fully saturated rings. The molecule has 0 saturated carbocycles. The highest BCUT2D eigenvalue weighted by atomic mass is 32.2. The molecule has 0 radical (unpaired) electrons. The van der Waals surface area contributed by atoms with Crippen molar-refractivity contribution < 1.29 is 9.18 Å². The molecule has 0 unspecified atom stereocenters. The lowest BCUT2D eigenvalue weighted by molar-refractivity contribution is -0.115. The van der Waals surface area contributed by atoms with E-state index in [1.165, 1.54) is 17.8 Å². The zero-order valence-electron chi connectivity index (χ0n) is 9.87. The molecule has 92 valence electrons. The molecule has 1 aromatic carbocycles. The Bertz CT molecular complexity index is 446. The van der Waals surface area contributed by atoms with E-state index in [-0.39, 0.29) is 11.6 Å². The summed E-state index contributed by atoms with van der Waals surface area (Å²) in [4.78, 5) is 15.0. The largest absolute Gasteiger partial charge is 0.369 e.